The molecular formula is C16H21NO. The van der Waals surface area contributed by atoms with Crippen LogP contribution in [0.2, 0.25) is 0 Å². The molecule has 2 nitrogen and oxygen atoms in total. The number of rotatable bonds is 5. The molecule has 0 bridgehead atoms. The third kappa shape index (κ3) is 3.02. The minimum Gasteiger partial charge on any atom is -0.396 e. The number of hydrogen-bond donors (Lipinski definition) is 1. The van der Waals surface area contributed by atoms with Gasteiger partial charge in [0.15, 0.2) is 0 Å². The first-order valence-electron chi connectivity index (χ1n) is 6.53. The Balaban J connectivity index is 2.16. The molecule has 0 saturated heterocycles. The summed E-state index contributed by atoms with van der Waals surface area (Å²) in [6.45, 7) is 3.39. The molecule has 0 amide bonds. The SMILES string of the molecule is Cc1ccc2cc(N(C)CCCCO)ccc2c1. The van der Waals surface area contributed by atoms with Crippen molar-refractivity contribution in [1.82, 2.24) is 0 Å². The molecule has 0 aliphatic carbocycles. The Morgan fingerprint density at radius 3 is 2.50 bits per heavy atom. The van der Waals surface area contributed by atoms with Gasteiger partial charge in [-0.25, -0.2) is 0 Å². The summed E-state index contributed by atoms with van der Waals surface area (Å²) in [5, 5.41) is 11.4. The van der Waals surface area contributed by atoms with Gasteiger partial charge in [-0.2, -0.15) is 0 Å². The summed E-state index contributed by atoms with van der Waals surface area (Å²) in [4.78, 5) is 2.24. The van der Waals surface area contributed by atoms with Crippen molar-refractivity contribution < 1.29 is 5.11 Å². The smallest absolute Gasteiger partial charge is 0.0431 e. The van der Waals surface area contributed by atoms with Crippen molar-refractivity contribution in [3.63, 3.8) is 0 Å². The highest BCUT2D eigenvalue weighted by Gasteiger charge is 2.02. The van der Waals surface area contributed by atoms with Gasteiger partial charge in [0.2, 0.25) is 0 Å². The number of nitrogens with zero attached hydrogens (tertiary/aromatic N) is 1. The molecule has 2 rings (SSSR count). The van der Waals surface area contributed by atoms with Gasteiger partial charge >= 0.3 is 0 Å². The van der Waals surface area contributed by atoms with E-state index in [0.29, 0.717) is 0 Å². The lowest BCUT2D eigenvalue weighted by Crippen LogP contribution is -2.18. The largest absolute Gasteiger partial charge is 0.396 e. The lowest BCUT2D eigenvalue weighted by Gasteiger charge is -2.19. The van der Waals surface area contributed by atoms with Crippen LogP contribution < -0.4 is 4.90 Å². The van der Waals surface area contributed by atoms with E-state index in [0.717, 1.165) is 19.4 Å². The Labute approximate surface area is 109 Å². The van der Waals surface area contributed by atoms with Gasteiger partial charge in [-0.1, -0.05) is 29.8 Å². The van der Waals surface area contributed by atoms with E-state index in [1.807, 2.05) is 0 Å². The molecular weight excluding hydrogens is 222 g/mol. The summed E-state index contributed by atoms with van der Waals surface area (Å²) >= 11 is 0. The third-order valence-corrected chi connectivity index (χ3v) is 3.32. The number of aliphatic hydroxyl groups excluding tert-OH is 1. The highest BCUT2D eigenvalue weighted by atomic mass is 16.2. The fourth-order valence-electron chi connectivity index (χ4n) is 2.18. The molecule has 2 aromatic carbocycles. The Bertz CT molecular complexity index is 521. The number of aryl methyl sites for hydroxylation is 1. The van der Waals surface area contributed by atoms with Crippen LogP contribution in [0.25, 0.3) is 10.8 Å². The summed E-state index contributed by atoms with van der Waals surface area (Å²) in [6.07, 6.45) is 1.90. The van der Waals surface area contributed by atoms with Crippen molar-refractivity contribution in [1.29, 1.82) is 0 Å². The molecule has 0 heterocycles. The molecule has 0 aromatic heterocycles. The van der Waals surface area contributed by atoms with Crippen molar-refractivity contribution in [3.05, 3.63) is 42.0 Å². The molecule has 0 radical (unpaired) electrons. The molecule has 2 aromatic rings. The van der Waals surface area contributed by atoms with Crippen LogP contribution in [0.5, 0.6) is 0 Å². The first-order chi connectivity index (χ1) is 8.70. The Hall–Kier alpha value is -1.54. The topological polar surface area (TPSA) is 23.5 Å². The monoisotopic (exact) mass is 243 g/mol. The van der Waals surface area contributed by atoms with E-state index in [2.05, 4.69) is 55.3 Å². The van der Waals surface area contributed by atoms with Gasteiger partial charge in [-0.15, -0.1) is 0 Å². The Morgan fingerprint density at radius 2 is 1.72 bits per heavy atom. The van der Waals surface area contributed by atoms with Gasteiger partial charge < -0.3 is 10.0 Å². The summed E-state index contributed by atoms with van der Waals surface area (Å²) in [5.41, 5.74) is 2.54. The maximum Gasteiger partial charge on any atom is 0.0431 e. The summed E-state index contributed by atoms with van der Waals surface area (Å²) in [6, 6.07) is 13.1. The Morgan fingerprint density at radius 1 is 1.00 bits per heavy atom. The highest BCUT2D eigenvalue weighted by Crippen LogP contribution is 2.22. The molecule has 0 spiro atoms. The molecule has 0 aliphatic heterocycles. The summed E-state index contributed by atoms with van der Waals surface area (Å²) in [5.74, 6) is 0. The van der Waals surface area contributed by atoms with Crippen molar-refractivity contribution in [3.8, 4) is 0 Å². The van der Waals surface area contributed by atoms with E-state index >= 15 is 0 Å². The number of unbranched alkanes of at least 4 members (excludes halogenated alkanes) is 1. The lowest BCUT2D eigenvalue weighted by molar-refractivity contribution is 0.285. The van der Waals surface area contributed by atoms with Gasteiger partial charge in [0.05, 0.1) is 0 Å². The molecule has 1 N–H and O–H groups in total. The van der Waals surface area contributed by atoms with Gasteiger partial charge in [0, 0.05) is 25.9 Å². The first-order valence-corrected chi connectivity index (χ1v) is 6.53. The fraction of sp³-hybridized carbons (Fsp3) is 0.375. The van der Waals surface area contributed by atoms with Crippen molar-refractivity contribution in [2.45, 2.75) is 19.8 Å². The average molecular weight is 243 g/mol. The molecule has 96 valence electrons. The molecule has 0 unspecified atom stereocenters. The molecule has 2 heteroatoms. The minimum absolute atomic E-state index is 0.283. The van der Waals surface area contributed by atoms with Crippen LogP contribution in [0, 0.1) is 6.92 Å². The van der Waals surface area contributed by atoms with Crippen LogP contribution in [0.3, 0.4) is 0 Å². The van der Waals surface area contributed by atoms with E-state index in [4.69, 9.17) is 5.11 Å². The van der Waals surface area contributed by atoms with E-state index < -0.39 is 0 Å². The molecule has 18 heavy (non-hydrogen) atoms. The fourth-order valence-corrected chi connectivity index (χ4v) is 2.18. The second-order valence-corrected chi connectivity index (χ2v) is 4.89. The van der Waals surface area contributed by atoms with Crippen LogP contribution in [0.15, 0.2) is 36.4 Å². The van der Waals surface area contributed by atoms with Crippen LogP contribution >= 0.6 is 0 Å². The zero-order chi connectivity index (χ0) is 13.0. The van der Waals surface area contributed by atoms with Crippen LogP contribution in [0.1, 0.15) is 18.4 Å². The zero-order valence-electron chi connectivity index (χ0n) is 11.2. The molecule has 0 atom stereocenters. The number of fused-ring (bicyclic) bond motifs is 1. The van der Waals surface area contributed by atoms with E-state index in [1.54, 1.807) is 0 Å². The first kappa shape index (κ1) is 12.9. The normalized spacial score (nSPS) is 10.8. The molecule has 0 saturated carbocycles. The lowest BCUT2D eigenvalue weighted by atomic mass is 10.1. The maximum atomic E-state index is 8.80. The Kier molecular flexibility index (Phi) is 4.21. The van der Waals surface area contributed by atoms with Crippen molar-refractivity contribution in [2.24, 2.45) is 0 Å². The van der Waals surface area contributed by atoms with Crippen LogP contribution in [-0.2, 0) is 0 Å². The summed E-state index contributed by atoms with van der Waals surface area (Å²) in [7, 11) is 2.10. The molecule has 0 fully saturated rings. The van der Waals surface area contributed by atoms with E-state index in [1.165, 1.54) is 22.0 Å². The van der Waals surface area contributed by atoms with E-state index in [9.17, 15) is 0 Å². The van der Waals surface area contributed by atoms with E-state index in [-0.39, 0.29) is 6.61 Å². The van der Waals surface area contributed by atoms with Crippen molar-refractivity contribution >= 4 is 16.5 Å². The van der Waals surface area contributed by atoms with Crippen LogP contribution in [-0.4, -0.2) is 25.3 Å². The van der Waals surface area contributed by atoms with Gasteiger partial charge in [0.1, 0.15) is 0 Å². The number of benzene rings is 2. The number of aliphatic hydroxyl groups is 1. The van der Waals surface area contributed by atoms with Gasteiger partial charge in [0.25, 0.3) is 0 Å². The van der Waals surface area contributed by atoms with Gasteiger partial charge in [-0.05, 0) is 42.7 Å². The average Bonchev–Trinajstić information content (AvgIpc) is 2.38. The minimum atomic E-state index is 0.283. The third-order valence-electron chi connectivity index (χ3n) is 3.32. The van der Waals surface area contributed by atoms with Crippen LogP contribution in [0.4, 0.5) is 5.69 Å². The van der Waals surface area contributed by atoms with Gasteiger partial charge in [-0.3, -0.25) is 0 Å². The second-order valence-electron chi connectivity index (χ2n) is 4.89. The predicted molar refractivity (Wildman–Crippen MR) is 78.3 cm³/mol. The zero-order valence-corrected chi connectivity index (χ0v) is 11.2. The quantitative estimate of drug-likeness (QED) is 0.814. The standard InChI is InChI=1S/C16H21NO/c1-13-5-6-15-12-16(8-7-14(15)11-13)17(2)9-3-4-10-18/h5-8,11-12,18H,3-4,9-10H2,1-2H3. The number of hydrogen-bond acceptors (Lipinski definition) is 2. The highest BCUT2D eigenvalue weighted by molar-refractivity contribution is 5.86. The van der Waals surface area contributed by atoms with Crippen molar-refractivity contribution in [2.75, 3.05) is 25.1 Å². The predicted octanol–water partition coefficient (Wildman–Crippen LogP) is 3.36. The number of anilines is 1. The summed E-state index contributed by atoms with van der Waals surface area (Å²) < 4.78 is 0. The second kappa shape index (κ2) is 5.87. The maximum absolute atomic E-state index is 8.80. The molecule has 0 aliphatic rings.